The van der Waals surface area contributed by atoms with Crippen LogP contribution in [0.15, 0.2) is 42.5 Å². The van der Waals surface area contributed by atoms with Crippen molar-refractivity contribution in [3.05, 3.63) is 48.2 Å². The average molecular weight is 291 g/mol. The maximum Gasteiger partial charge on any atom is 0.394 e. The zero-order chi connectivity index (χ0) is 15.0. The highest BCUT2D eigenvalue weighted by Gasteiger charge is 2.29. The second-order valence-corrected chi connectivity index (χ2v) is 4.78. The fourth-order valence-corrected chi connectivity index (χ4v) is 2.45. The quantitative estimate of drug-likeness (QED) is 0.648. The zero-order valence-electron chi connectivity index (χ0n) is 11.2. The van der Waals surface area contributed by atoms with Gasteiger partial charge in [0, 0.05) is 10.8 Å². The average Bonchev–Trinajstić information content (AvgIpc) is 2.45. The maximum absolute atomic E-state index is 12.8. The third-order valence-corrected chi connectivity index (χ3v) is 3.36. The van der Waals surface area contributed by atoms with Crippen molar-refractivity contribution in [3.8, 4) is 5.75 Å². The molecule has 0 bridgehead atoms. The minimum atomic E-state index is -4.30. The van der Waals surface area contributed by atoms with Gasteiger partial charge < -0.3 is 4.74 Å². The number of para-hydroxylation sites is 1. The predicted octanol–water partition coefficient (Wildman–Crippen LogP) is 4.50. The Hall–Kier alpha value is -2.30. The number of nitrogens with zero attached hydrogens (tertiary/aromatic N) is 1. The Morgan fingerprint density at radius 1 is 1.00 bits per heavy atom. The monoisotopic (exact) mass is 291 g/mol. The van der Waals surface area contributed by atoms with E-state index in [2.05, 4.69) is 4.98 Å². The van der Waals surface area contributed by atoms with E-state index in [4.69, 9.17) is 4.74 Å². The molecule has 1 heterocycles. The number of ether oxygens (including phenoxy) is 1. The zero-order valence-corrected chi connectivity index (χ0v) is 11.2. The van der Waals surface area contributed by atoms with Crippen LogP contribution in [0.25, 0.3) is 21.7 Å². The Kier molecular flexibility index (Phi) is 3.20. The molecule has 108 valence electrons. The number of rotatable bonds is 2. The lowest BCUT2D eigenvalue weighted by molar-refractivity contribution is -0.127. The molecule has 0 amide bonds. The number of hydrogen-bond donors (Lipinski definition) is 0. The van der Waals surface area contributed by atoms with E-state index >= 15 is 0 Å². The van der Waals surface area contributed by atoms with Gasteiger partial charge in [0.25, 0.3) is 0 Å². The number of benzene rings is 2. The van der Waals surface area contributed by atoms with Gasteiger partial charge in [-0.3, -0.25) is 4.98 Å². The van der Waals surface area contributed by atoms with Crippen molar-refractivity contribution in [2.24, 2.45) is 0 Å². The van der Waals surface area contributed by atoms with Crippen LogP contribution in [0.4, 0.5) is 13.2 Å². The van der Waals surface area contributed by atoms with Crippen LogP contribution in [-0.4, -0.2) is 18.3 Å². The molecule has 0 saturated carbocycles. The SMILES string of the molecule is COc1ccc2c(c1)c(CC(F)(F)F)nc1ccccc12. The van der Waals surface area contributed by atoms with Crippen LogP contribution in [0.1, 0.15) is 5.69 Å². The van der Waals surface area contributed by atoms with Crippen molar-refractivity contribution >= 4 is 21.7 Å². The van der Waals surface area contributed by atoms with Gasteiger partial charge in [-0.2, -0.15) is 13.2 Å². The van der Waals surface area contributed by atoms with Crippen molar-refractivity contribution in [2.45, 2.75) is 12.6 Å². The minimum Gasteiger partial charge on any atom is -0.497 e. The molecule has 2 nitrogen and oxygen atoms in total. The standard InChI is InChI=1S/C16H12F3NO/c1-21-10-6-7-11-12-4-2-3-5-14(12)20-15(13(11)8-10)9-16(17,18)19/h2-8H,9H2,1H3. The maximum atomic E-state index is 12.8. The Bertz CT molecular complexity index is 812. The van der Waals surface area contributed by atoms with E-state index in [1.165, 1.54) is 7.11 Å². The topological polar surface area (TPSA) is 22.1 Å². The van der Waals surface area contributed by atoms with Crippen molar-refractivity contribution in [2.75, 3.05) is 7.11 Å². The van der Waals surface area contributed by atoms with Gasteiger partial charge in [-0.05, 0) is 29.7 Å². The van der Waals surface area contributed by atoms with Crippen LogP contribution in [0.2, 0.25) is 0 Å². The van der Waals surface area contributed by atoms with E-state index in [1.807, 2.05) is 12.1 Å². The number of pyridine rings is 1. The molecule has 0 spiro atoms. The Morgan fingerprint density at radius 2 is 1.76 bits per heavy atom. The largest absolute Gasteiger partial charge is 0.497 e. The van der Waals surface area contributed by atoms with Crippen molar-refractivity contribution in [1.82, 2.24) is 4.98 Å². The summed E-state index contributed by atoms with van der Waals surface area (Å²) in [4.78, 5) is 4.19. The summed E-state index contributed by atoms with van der Waals surface area (Å²) in [6.07, 6.45) is -5.35. The molecule has 0 N–H and O–H groups in total. The van der Waals surface area contributed by atoms with E-state index < -0.39 is 12.6 Å². The first-order valence-corrected chi connectivity index (χ1v) is 6.40. The minimum absolute atomic E-state index is 0.0232. The second kappa shape index (κ2) is 4.91. The molecule has 0 unspecified atom stereocenters. The molecule has 3 rings (SSSR count). The Balaban J connectivity index is 2.35. The van der Waals surface area contributed by atoms with Gasteiger partial charge in [0.2, 0.25) is 0 Å². The first-order valence-electron chi connectivity index (χ1n) is 6.40. The molecule has 3 aromatic rings. The van der Waals surface area contributed by atoms with Crippen LogP contribution < -0.4 is 4.74 Å². The fourth-order valence-electron chi connectivity index (χ4n) is 2.45. The molecule has 1 aromatic heterocycles. The first-order chi connectivity index (χ1) is 9.98. The molecule has 21 heavy (non-hydrogen) atoms. The molecule has 0 aliphatic carbocycles. The lowest BCUT2D eigenvalue weighted by Crippen LogP contribution is -2.13. The van der Waals surface area contributed by atoms with E-state index in [1.54, 1.807) is 30.3 Å². The summed E-state index contributed by atoms with van der Waals surface area (Å²) in [5.41, 5.74) is 0.588. The summed E-state index contributed by atoms with van der Waals surface area (Å²) < 4.78 is 43.5. The lowest BCUT2D eigenvalue weighted by Gasteiger charge is -2.12. The summed E-state index contributed by atoms with van der Waals surface area (Å²) in [5, 5.41) is 2.06. The third kappa shape index (κ3) is 2.63. The highest BCUT2D eigenvalue weighted by Crippen LogP contribution is 2.32. The number of methoxy groups -OCH3 is 1. The fraction of sp³-hybridized carbons (Fsp3) is 0.188. The van der Waals surface area contributed by atoms with Crippen LogP contribution in [0.3, 0.4) is 0 Å². The van der Waals surface area contributed by atoms with Gasteiger partial charge in [0.1, 0.15) is 5.75 Å². The molecule has 0 aliphatic heterocycles. The third-order valence-electron chi connectivity index (χ3n) is 3.36. The molecule has 0 fully saturated rings. The summed E-state index contributed by atoms with van der Waals surface area (Å²) in [6, 6.07) is 12.3. The molecular formula is C16H12F3NO. The van der Waals surface area contributed by atoms with Gasteiger partial charge >= 0.3 is 6.18 Å². The van der Waals surface area contributed by atoms with Gasteiger partial charge in [-0.1, -0.05) is 18.2 Å². The van der Waals surface area contributed by atoms with Crippen molar-refractivity contribution in [1.29, 1.82) is 0 Å². The van der Waals surface area contributed by atoms with Crippen molar-refractivity contribution in [3.63, 3.8) is 0 Å². The smallest absolute Gasteiger partial charge is 0.394 e. The van der Waals surface area contributed by atoms with E-state index in [9.17, 15) is 13.2 Å². The van der Waals surface area contributed by atoms with Gasteiger partial charge in [-0.25, -0.2) is 0 Å². The van der Waals surface area contributed by atoms with E-state index in [0.717, 1.165) is 10.8 Å². The van der Waals surface area contributed by atoms with Crippen molar-refractivity contribution < 1.29 is 17.9 Å². The molecule has 5 heteroatoms. The normalized spacial score (nSPS) is 12.0. The van der Waals surface area contributed by atoms with E-state index in [-0.39, 0.29) is 5.69 Å². The summed E-state index contributed by atoms with van der Waals surface area (Å²) in [7, 11) is 1.49. The number of alkyl halides is 3. The van der Waals surface area contributed by atoms with Crippen LogP contribution in [-0.2, 0) is 6.42 Å². The molecule has 0 radical (unpaired) electrons. The number of halogens is 3. The Labute approximate surface area is 119 Å². The van der Waals surface area contributed by atoms with Crippen LogP contribution in [0, 0.1) is 0 Å². The predicted molar refractivity (Wildman–Crippen MR) is 75.6 cm³/mol. The molecule has 0 saturated heterocycles. The number of aromatic nitrogens is 1. The van der Waals surface area contributed by atoms with Gasteiger partial charge in [-0.15, -0.1) is 0 Å². The van der Waals surface area contributed by atoms with Gasteiger partial charge in [0.05, 0.1) is 24.7 Å². The summed E-state index contributed by atoms with van der Waals surface area (Å²) >= 11 is 0. The number of hydrogen-bond acceptors (Lipinski definition) is 2. The van der Waals surface area contributed by atoms with Crippen LogP contribution in [0.5, 0.6) is 5.75 Å². The highest BCUT2D eigenvalue weighted by molar-refractivity contribution is 6.07. The molecule has 0 aliphatic rings. The molecule has 2 aromatic carbocycles. The van der Waals surface area contributed by atoms with E-state index in [0.29, 0.717) is 16.7 Å². The number of fused-ring (bicyclic) bond motifs is 3. The Morgan fingerprint density at radius 3 is 2.48 bits per heavy atom. The second-order valence-electron chi connectivity index (χ2n) is 4.78. The van der Waals surface area contributed by atoms with Gasteiger partial charge in [0.15, 0.2) is 0 Å². The molecule has 0 atom stereocenters. The molecular weight excluding hydrogens is 279 g/mol. The highest BCUT2D eigenvalue weighted by atomic mass is 19.4. The lowest BCUT2D eigenvalue weighted by atomic mass is 10.0. The van der Waals surface area contributed by atoms with Crippen LogP contribution >= 0.6 is 0 Å². The summed E-state index contributed by atoms with van der Waals surface area (Å²) in [5.74, 6) is 0.517. The summed E-state index contributed by atoms with van der Waals surface area (Å²) in [6.45, 7) is 0. The first kappa shape index (κ1) is 13.7.